The van der Waals surface area contributed by atoms with Crippen molar-refractivity contribution in [3.05, 3.63) is 29.8 Å². The van der Waals surface area contributed by atoms with Crippen LogP contribution in [0, 0.1) is 6.92 Å². The summed E-state index contributed by atoms with van der Waals surface area (Å²) in [5, 5.41) is 0. The van der Waals surface area contributed by atoms with Crippen LogP contribution in [-0.4, -0.2) is 11.6 Å². The van der Waals surface area contributed by atoms with E-state index in [4.69, 9.17) is 11.6 Å². The Morgan fingerprint density at radius 1 is 1.27 bits per heavy atom. The lowest BCUT2D eigenvalue weighted by Crippen LogP contribution is -1.79. The summed E-state index contributed by atoms with van der Waals surface area (Å²) in [5.41, 5.74) is 1.31. The lowest BCUT2D eigenvalue weighted by molar-refractivity contribution is 1.37. The Morgan fingerprint density at radius 3 is 2.45 bits per heavy atom. The van der Waals surface area contributed by atoms with Crippen LogP contribution in [0.15, 0.2) is 29.2 Å². The minimum absolute atomic E-state index is 0.721. The van der Waals surface area contributed by atoms with Crippen molar-refractivity contribution in [2.24, 2.45) is 0 Å². The van der Waals surface area contributed by atoms with Gasteiger partial charge in [0.2, 0.25) is 0 Å². The van der Waals surface area contributed by atoms with Crippen LogP contribution in [0.1, 0.15) is 5.56 Å². The summed E-state index contributed by atoms with van der Waals surface area (Å²) >= 11 is 7.36. The molecule has 0 aromatic heterocycles. The van der Waals surface area contributed by atoms with Gasteiger partial charge in [-0.25, -0.2) is 0 Å². The molecular weight excluding hydrogens is 176 g/mol. The smallest absolute Gasteiger partial charge is 0.0317 e. The highest BCUT2D eigenvalue weighted by atomic mass is 35.5. The average Bonchev–Trinajstić information content (AvgIpc) is 2.04. The van der Waals surface area contributed by atoms with Crippen LogP contribution in [0.5, 0.6) is 0 Å². The van der Waals surface area contributed by atoms with E-state index < -0.39 is 0 Å². The van der Waals surface area contributed by atoms with Gasteiger partial charge in [-0.2, -0.15) is 0 Å². The maximum Gasteiger partial charge on any atom is 0.0317 e. The first kappa shape index (κ1) is 8.95. The van der Waals surface area contributed by atoms with E-state index in [1.54, 1.807) is 11.8 Å². The molecule has 1 aromatic carbocycles. The Hall–Kier alpha value is -0.140. The number of halogens is 1. The Bertz CT molecular complexity index is 205. The van der Waals surface area contributed by atoms with Crippen LogP contribution in [0.4, 0.5) is 0 Å². The molecule has 0 radical (unpaired) electrons. The van der Waals surface area contributed by atoms with Gasteiger partial charge in [0.1, 0.15) is 0 Å². The molecule has 0 unspecified atom stereocenters. The fourth-order valence-corrected chi connectivity index (χ4v) is 1.66. The maximum atomic E-state index is 5.56. The van der Waals surface area contributed by atoms with Crippen molar-refractivity contribution in [2.75, 3.05) is 11.6 Å². The maximum absolute atomic E-state index is 5.56. The number of hydrogen-bond acceptors (Lipinski definition) is 1. The zero-order chi connectivity index (χ0) is 8.10. The molecule has 0 heterocycles. The van der Waals surface area contributed by atoms with Gasteiger partial charge in [-0.3, -0.25) is 0 Å². The van der Waals surface area contributed by atoms with Gasteiger partial charge in [0, 0.05) is 16.5 Å². The van der Waals surface area contributed by atoms with Gasteiger partial charge in [-0.1, -0.05) is 17.7 Å². The molecule has 1 rings (SSSR count). The third-order valence-corrected chi connectivity index (χ3v) is 2.79. The predicted molar refractivity (Wildman–Crippen MR) is 52.6 cm³/mol. The van der Waals surface area contributed by atoms with E-state index in [1.165, 1.54) is 10.5 Å². The van der Waals surface area contributed by atoms with Crippen molar-refractivity contribution in [1.82, 2.24) is 0 Å². The third-order valence-electron chi connectivity index (χ3n) is 1.37. The Morgan fingerprint density at radius 2 is 1.91 bits per heavy atom. The molecule has 0 aliphatic carbocycles. The first-order valence-electron chi connectivity index (χ1n) is 3.58. The lowest BCUT2D eigenvalue weighted by Gasteiger charge is -1.98. The van der Waals surface area contributed by atoms with E-state index in [9.17, 15) is 0 Å². The number of benzene rings is 1. The molecule has 0 bridgehead atoms. The van der Waals surface area contributed by atoms with E-state index >= 15 is 0 Å². The fourth-order valence-electron chi connectivity index (χ4n) is 0.791. The summed E-state index contributed by atoms with van der Waals surface area (Å²) in [4.78, 5) is 1.30. The highest BCUT2D eigenvalue weighted by molar-refractivity contribution is 7.99. The molecule has 0 nitrogen and oxygen atoms in total. The van der Waals surface area contributed by atoms with Crippen LogP contribution in [0.25, 0.3) is 0 Å². The van der Waals surface area contributed by atoms with Crippen LogP contribution in [0.3, 0.4) is 0 Å². The Balaban J connectivity index is 2.52. The molecule has 0 atom stereocenters. The van der Waals surface area contributed by atoms with E-state index in [1.807, 2.05) is 0 Å². The molecule has 0 aliphatic heterocycles. The molecule has 0 aliphatic rings. The Kier molecular flexibility index (Phi) is 3.81. The summed E-state index contributed by atoms with van der Waals surface area (Å²) in [6.45, 7) is 2.09. The molecule has 0 fully saturated rings. The summed E-state index contributed by atoms with van der Waals surface area (Å²) < 4.78 is 0. The molecule has 0 spiro atoms. The van der Waals surface area contributed by atoms with E-state index in [-0.39, 0.29) is 0 Å². The van der Waals surface area contributed by atoms with Gasteiger partial charge in [0.25, 0.3) is 0 Å². The first-order valence-corrected chi connectivity index (χ1v) is 5.10. The second kappa shape index (κ2) is 4.68. The number of hydrogen-bond donors (Lipinski definition) is 0. The first-order chi connectivity index (χ1) is 5.33. The monoisotopic (exact) mass is 186 g/mol. The van der Waals surface area contributed by atoms with Crippen LogP contribution < -0.4 is 0 Å². The Labute approximate surface area is 77.0 Å². The van der Waals surface area contributed by atoms with Gasteiger partial charge in [0.15, 0.2) is 0 Å². The number of aryl methyl sites for hydroxylation is 1. The third kappa shape index (κ3) is 3.17. The van der Waals surface area contributed by atoms with Crippen LogP contribution in [0.2, 0.25) is 0 Å². The molecule has 60 valence electrons. The van der Waals surface area contributed by atoms with Crippen molar-refractivity contribution >= 4 is 23.4 Å². The van der Waals surface area contributed by atoms with Crippen molar-refractivity contribution in [1.29, 1.82) is 0 Å². The summed E-state index contributed by atoms with van der Waals surface area (Å²) in [6, 6.07) is 8.51. The standard InChI is InChI=1S/C9H11ClS/c1-8-2-4-9(5-3-8)11-7-6-10/h2-5H,6-7H2,1H3. The molecule has 0 saturated heterocycles. The average molecular weight is 187 g/mol. The number of rotatable bonds is 3. The van der Waals surface area contributed by atoms with Gasteiger partial charge < -0.3 is 0 Å². The van der Waals surface area contributed by atoms with Crippen LogP contribution >= 0.6 is 23.4 Å². The number of alkyl halides is 1. The zero-order valence-corrected chi connectivity index (χ0v) is 8.08. The largest absolute Gasteiger partial charge is 0.126 e. The quantitative estimate of drug-likeness (QED) is 0.516. The summed E-state index contributed by atoms with van der Waals surface area (Å²) in [7, 11) is 0. The van der Waals surface area contributed by atoms with E-state index in [2.05, 4.69) is 31.2 Å². The molecular formula is C9H11ClS. The van der Waals surface area contributed by atoms with Crippen molar-refractivity contribution in [3.8, 4) is 0 Å². The second-order valence-electron chi connectivity index (χ2n) is 2.35. The SMILES string of the molecule is Cc1ccc(SCCCl)cc1. The van der Waals surface area contributed by atoms with E-state index in [0.717, 1.165) is 11.6 Å². The minimum atomic E-state index is 0.721. The van der Waals surface area contributed by atoms with Gasteiger partial charge >= 0.3 is 0 Å². The predicted octanol–water partition coefficient (Wildman–Crippen LogP) is 3.33. The molecule has 11 heavy (non-hydrogen) atoms. The van der Waals surface area contributed by atoms with Crippen molar-refractivity contribution in [3.63, 3.8) is 0 Å². The molecule has 0 saturated carbocycles. The number of thioether (sulfide) groups is 1. The highest BCUT2D eigenvalue weighted by Gasteiger charge is 1.90. The molecule has 0 N–H and O–H groups in total. The minimum Gasteiger partial charge on any atom is -0.126 e. The summed E-state index contributed by atoms with van der Waals surface area (Å²) in [5.74, 6) is 1.71. The zero-order valence-electron chi connectivity index (χ0n) is 6.51. The van der Waals surface area contributed by atoms with Gasteiger partial charge in [-0.15, -0.1) is 23.4 Å². The van der Waals surface area contributed by atoms with Crippen molar-refractivity contribution in [2.45, 2.75) is 11.8 Å². The normalized spacial score (nSPS) is 10.0. The van der Waals surface area contributed by atoms with Crippen molar-refractivity contribution < 1.29 is 0 Å². The van der Waals surface area contributed by atoms with Crippen LogP contribution in [-0.2, 0) is 0 Å². The molecule has 1 aromatic rings. The highest BCUT2D eigenvalue weighted by Crippen LogP contribution is 2.17. The molecule has 0 amide bonds. The lowest BCUT2D eigenvalue weighted by atomic mass is 10.2. The molecule has 2 heteroatoms. The van der Waals surface area contributed by atoms with Gasteiger partial charge in [-0.05, 0) is 19.1 Å². The topological polar surface area (TPSA) is 0 Å². The summed E-state index contributed by atoms with van der Waals surface area (Å²) in [6.07, 6.45) is 0. The van der Waals surface area contributed by atoms with Gasteiger partial charge in [0.05, 0.1) is 0 Å². The fraction of sp³-hybridized carbons (Fsp3) is 0.333. The second-order valence-corrected chi connectivity index (χ2v) is 3.90. The van der Waals surface area contributed by atoms with E-state index in [0.29, 0.717) is 0 Å².